The van der Waals surface area contributed by atoms with E-state index in [0.29, 0.717) is 12.5 Å². The van der Waals surface area contributed by atoms with Crippen LogP contribution in [0.2, 0.25) is 0 Å². The Morgan fingerprint density at radius 3 is 2.60 bits per heavy atom. The Balaban J connectivity index is 1.60. The highest BCUT2D eigenvalue weighted by molar-refractivity contribution is 8.01. The van der Waals surface area contributed by atoms with Crippen molar-refractivity contribution in [2.75, 3.05) is 45.1 Å². The molecule has 1 amide bonds. The lowest BCUT2D eigenvalue weighted by Gasteiger charge is -2.26. The first kappa shape index (κ1) is 19.2. The third-order valence-electron chi connectivity index (χ3n) is 5.37. The van der Waals surface area contributed by atoms with E-state index < -0.39 is 0 Å². The summed E-state index contributed by atoms with van der Waals surface area (Å²) >= 11 is 3.39. The van der Waals surface area contributed by atoms with Crippen LogP contribution in [0.25, 0.3) is 0 Å². The summed E-state index contributed by atoms with van der Waals surface area (Å²) in [4.78, 5) is 18.2. The number of aliphatic hydroxyl groups is 1. The topological polar surface area (TPSA) is 43.8 Å². The number of thiophene rings is 1. The molecule has 2 aliphatic heterocycles. The van der Waals surface area contributed by atoms with Gasteiger partial charge < -0.3 is 14.9 Å². The van der Waals surface area contributed by atoms with E-state index in [2.05, 4.69) is 17.9 Å². The van der Waals surface area contributed by atoms with Gasteiger partial charge in [-0.2, -0.15) is 0 Å². The van der Waals surface area contributed by atoms with Crippen molar-refractivity contribution in [1.29, 1.82) is 0 Å². The standard InChI is InChI=1S/C19H30N2O2S2/c1-2-24-18-8-7-17(25-18)19(23)21-12-15(16(13-21)14-22)11-20-9-5-3-4-6-10-20/h7-8,15-16,22H,2-6,9-14H2,1H3/t15-,16-/m1/s1. The van der Waals surface area contributed by atoms with Gasteiger partial charge >= 0.3 is 0 Å². The molecule has 0 bridgehead atoms. The number of likely N-dealkylation sites (tertiary alicyclic amines) is 2. The van der Waals surface area contributed by atoms with Crippen LogP contribution in [-0.2, 0) is 0 Å². The lowest BCUT2D eigenvalue weighted by atomic mass is 9.96. The van der Waals surface area contributed by atoms with Crippen LogP contribution in [0.5, 0.6) is 0 Å². The molecule has 0 aromatic carbocycles. The van der Waals surface area contributed by atoms with E-state index in [1.54, 1.807) is 23.1 Å². The average Bonchev–Trinajstić information content (AvgIpc) is 3.16. The summed E-state index contributed by atoms with van der Waals surface area (Å²) < 4.78 is 1.21. The summed E-state index contributed by atoms with van der Waals surface area (Å²) in [6.07, 6.45) is 5.25. The number of rotatable bonds is 6. The quantitative estimate of drug-likeness (QED) is 0.766. The molecule has 0 aliphatic carbocycles. The van der Waals surface area contributed by atoms with E-state index in [1.807, 2.05) is 11.0 Å². The molecule has 2 fully saturated rings. The molecule has 0 radical (unpaired) electrons. The molecule has 0 spiro atoms. The minimum Gasteiger partial charge on any atom is -0.396 e. The molecular formula is C19H30N2O2S2. The summed E-state index contributed by atoms with van der Waals surface area (Å²) in [6, 6.07) is 4.02. The summed E-state index contributed by atoms with van der Waals surface area (Å²) in [5.74, 6) is 1.79. The Labute approximate surface area is 159 Å². The molecule has 6 heteroatoms. The monoisotopic (exact) mass is 382 g/mol. The third kappa shape index (κ3) is 5.00. The first-order valence-corrected chi connectivity index (χ1v) is 11.4. The van der Waals surface area contributed by atoms with Crippen molar-refractivity contribution in [3.8, 4) is 0 Å². The number of amides is 1. The minimum atomic E-state index is 0.143. The number of carbonyl (C=O) groups excluding carboxylic acids is 1. The van der Waals surface area contributed by atoms with Gasteiger partial charge in [0.15, 0.2) is 0 Å². The third-order valence-corrected chi connectivity index (χ3v) is 7.55. The molecule has 25 heavy (non-hydrogen) atoms. The SMILES string of the molecule is CCSc1ccc(C(=O)N2C[C@@H](CN3CCCCCC3)[C@@H](CO)C2)s1. The van der Waals surface area contributed by atoms with Gasteiger partial charge in [0, 0.05) is 32.2 Å². The van der Waals surface area contributed by atoms with Crippen LogP contribution in [0, 0.1) is 11.8 Å². The van der Waals surface area contributed by atoms with Crippen molar-refractivity contribution in [2.45, 2.75) is 36.8 Å². The van der Waals surface area contributed by atoms with Crippen LogP contribution >= 0.6 is 23.1 Å². The molecule has 0 unspecified atom stereocenters. The van der Waals surface area contributed by atoms with Gasteiger partial charge in [-0.05, 0) is 49.7 Å². The molecular weight excluding hydrogens is 352 g/mol. The molecule has 0 saturated carbocycles. The highest BCUT2D eigenvalue weighted by Crippen LogP contribution is 2.31. The fourth-order valence-corrected chi connectivity index (χ4v) is 5.99. The smallest absolute Gasteiger partial charge is 0.263 e. The Morgan fingerprint density at radius 2 is 1.92 bits per heavy atom. The van der Waals surface area contributed by atoms with Gasteiger partial charge in [0.2, 0.25) is 0 Å². The van der Waals surface area contributed by atoms with Crippen molar-refractivity contribution < 1.29 is 9.90 Å². The van der Waals surface area contributed by atoms with Crippen molar-refractivity contribution >= 4 is 29.0 Å². The largest absolute Gasteiger partial charge is 0.396 e. The number of aliphatic hydroxyl groups excluding tert-OH is 1. The van der Waals surface area contributed by atoms with Crippen LogP contribution in [0.4, 0.5) is 0 Å². The zero-order chi connectivity index (χ0) is 17.6. The summed E-state index contributed by atoms with van der Waals surface area (Å²) in [7, 11) is 0. The van der Waals surface area contributed by atoms with E-state index in [9.17, 15) is 9.90 Å². The van der Waals surface area contributed by atoms with Crippen LogP contribution < -0.4 is 0 Å². The Morgan fingerprint density at radius 1 is 1.20 bits per heavy atom. The maximum absolute atomic E-state index is 12.9. The highest BCUT2D eigenvalue weighted by atomic mass is 32.2. The second kappa shape index (κ2) is 9.40. The normalized spacial score (nSPS) is 25.3. The van der Waals surface area contributed by atoms with Gasteiger partial charge in [-0.3, -0.25) is 4.79 Å². The second-order valence-corrected chi connectivity index (χ2v) is 9.83. The lowest BCUT2D eigenvalue weighted by Crippen LogP contribution is -2.35. The van der Waals surface area contributed by atoms with E-state index in [1.165, 1.54) is 43.0 Å². The number of thioether (sulfide) groups is 1. The average molecular weight is 383 g/mol. The minimum absolute atomic E-state index is 0.143. The van der Waals surface area contributed by atoms with Crippen molar-refractivity contribution in [3.05, 3.63) is 17.0 Å². The molecule has 3 heterocycles. The van der Waals surface area contributed by atoms with Gasteiger partial charge in [0.25, 0.3) is 5.91 Å². The molecule has 2 saturated heterocycles. The van der Waals surface area contributed by atoms with Gasteiger partial charge in [0.05, 0.1) is 9.09 Å². The molecule has 1 aromatic rings. The number of nitrogens with zero attached hydrogens (tertiary/aromatic N) is 2. The van der Waals surface area contributed by atoms with E-state index in [4.69, 9.17) is 0 Å². The van der Waals surface area contributed by atoms with E-state index in [-0.39, 0.29) is 18.4 Å². The number of hydrogen-bond acceptors (Lipinski definition) is 5. The Bertz CT molecular complexity index is 555. The van der Waals surface area contributed by atoms with Crippen LogP contribution in [0.3, 0.4) is 0 Å². The highest BCUT2D eigenvalue weighted by Gasteiger charge is 2.36. The van der Waals surface area contributed by atoms with Gasteiger partial charge in [-0.25, -0.2) is 0 Å². The zero-order valence-corrected chi connectivity index (χ0v) is 16.8. The summed E-state index contributed by atoms with van der Waals surface area (Å²) in [5.41, 5.74) is 0. The molecule has 2 aliphatic rings. The fraction of sp³-hybridized carbons (Fsp3) is 0.737. The maximum Gasteiger partial charge on any atom is 0.263 e. The van der Waals surface area contributed by atoms with Crippen LogP contribution in [0.1, 0.15) is 42.3 Å². The Hall–Kier alpha value is -0.560. The van der Waals surface area contributed by atoms with E-state index >= 15 is 0 Å². The molecule has 1 aromatic heterocycles. The molecule has 4 nitrogen and oxygen atoms in total. The van der Waals surface area contributed by atoms with Crippen LogP contribution in [0.15, 0.2) is 16.3 Å². The van der Waals surface area contributed by atoms with Gasteiger partial charge in [0.1, 0.15) is 0 Å². The maximum atomic E-state index is 12.9. The number of hydrogen-bond donors (Lipinski definition) is 1. The molecule has 140 valence electrons. The first-order chi connectivity index (χ1) is 12.2. The molecule has 2 atom stereocenters. The summed E-state index contributed by atoms with van der Waals surface area (Å²) in [5, 5.41) is 9.81. The molecule has 1 N–H and O–H groups in total. The first-order valence-electron chi connectivity index (χ1n) is 9.56. The molecule has 3 rings (SSSR count). The van der Waals surface area contributed by atoms with Crippen molar-refractivity contribution in [3.63, 3.8) is 0 Å². The second-order valence-electron chi connectivity index (χ2n) is 7.18. The van der Waals surface area contributed by atoms with Gasteiger partial charge in [-0.15, -0.1) is 23.1 Å². The zero-order valence-electron chi connectivity index (χ0n) is 15.2. The fourth-order valence-electron chi connectivity index (χ4n) is 3.98. The van der Waals surface area contributed by atoms with Gasteiger partial charge in [-0.1, -0.05) is 19.8 Å². The van der Waals surface area contributed by atoms with Crippen molar-refractivity contribution in [1.82, 2.24) is 9.80 Å². The Kier molecular flexibility index (Phi) is 7.22. The van der Waals surface area contributed by atoms with Crippen LogP contribution in [-0.4, -0.2) is 65.9 Å². The predicted octanol–water partition coefficient (Wildman–Crippen LogP) is 3.42. The number of carbonyl (C=O) groups is 1. The predicted molar refractivity (Wildman–Crippen MR) is 106 cm³/mol. The van der Waals surface area contributed by atoms with Crippen molar-refractivity contribution in [2.24, 2.45) is 11.8 Å². The van der Waals surface area contributed by atoms with E-state index in [0.717, 1.165) is 23.7 Å². The summed E-state index contributed by atoms with van der Waals surface area (Å²) in [6.45, 7) is 7.17. The lowest BCUT2D eigenvalue weighted by molar-refractivity contribution is 0.0784.